The summed E-state index contributed by atoms with van der Waals surface area (Å²) >= 11 is 0. The Balaban J connectivity index is 1.31. The number of hydrogen-bond acceptors (Lipinski definition) is 4. The van der Waals surface area contributed by atoms with E-state index in [2.05, 4.69) is 36.2 Å². The van der Waals surface area contributed by atoms with Crippen molar-refractivity contribution in [1.82, 2.24) is 20.2 Å². The highest BCUT2D eigenvalue weighted by molar-refractivity contribution is 6.95. The van der Waals surface area contributed by atoms with Gasteiger partial charge < -0.3 is 15.0 Å². The molecule has 7 nitrogen and oxygen atoms in total. The Bertz CT molecular complexity index is 1620. The van der Waals surface area contributed by atoms with E-state index < -0.39 is 12.5 Å². The van der Waals surface area contributed by atoms with Gasteiger partial charge in [0.2, 0.25) is 5.91 Å². The molecular formula is C35H35BN4O3. The van der Waals surface area contributed by atoms with Crippen LogP contribution in [0.1, 0.15) is 16.7 Å². The van der Waals surface area contributed by atoms with Gasteiger partial charge in [0.25, 0.3) is 6.71 Å². The molecule has 0 aliphatic carbocycles. The number of hydrazine groups is 1. The molecule has 0 spiro atoms. The van der Waals surface area contributed by atoms with Crippen LogP contribution in [0.25, 0.3) is 10.8 Å². The van der Waals surface area contributed by atoms with Crippen LogP contribution < -0.4 is 5.32 Å². The summed E-state index contributed by atoms with van der Waals surface area (Å²) in [4.78, 5) is 43.4. The number of hydrogen-bond donors (Lipinski definition) is 1. The van der Waals surface area contributed by atoms with Gasteiger partial charge in [-0.25, -0.2) is 9.80 Å². The summed E-state index contributed by atoms with van der Waals surface area (Å²) in [6.07, 6.45) is 2.14. The van der Waals surface area contributed by atoms with Gasteiger partial charge in [-0.2, -0.15) is 0 Å². The van der Waals surface area contributed by atoms with Crippen molar-refractivity contribution in [3.05, 3.63) is 132 Å². The average molecular weight is 571 g/mol. The number of carbonyl (C=O) groups excluding carboxylic acids is 3. The fourth-order valence-electron chi connectivity index (χ4n) is 6.60. The molecule has 2 fully saturated rings. The van der Waals surface area contributed by atoms with E-state index >= 15 is 0 Å². The molecule has 2 saturated heterocycles. The van der Waals surface area contributed by atoms with E-state index in [1.165, 1.54) is 0 Å². The number of carbonyl (C=O) groups is 3. The van der Waals surface area contributed by atoms with Crippen LogP contribution in [0.15, 0.2) is 116 Å². The Morgan fingerprint density at radius 1 is 0.907 bits per heavy atom. The summed E-state index contributed by atoms with van der Waals surface area (Å²) in [5.74, 6) is -0.875. The van der Waals surface area contributed by atoms with Crippen LogP contribution in [0.3, 0.4) is 0 Å². The van der Waals surface area contributed by atoms with E-state index in [9.17, 15) is 14.4 Å². The fraction of sp³-hybridized carbons (Fsp3) is 0.229. The zero-order valence-corrected chi connectivity index (χ0v) is 24.1. The summed E-state index contributed by atoms with van der Waals surface area (Å²) in [6, 6.07) is 33.6. The van der Waals surface area contributed by atoms with Crippen LogP contribution in [-0.2, 0) is 29.1 Å². The quantitative estimate of drug-likeness (QED) is 0.229. The molecule has 0 saturated carbocycles. The molecule has 0 radical (unpaired) electrons. The first kappa shape index (κ1) is 28.4. The van der Waals surface area contributed by atoms with Crippen molar-refractivity contribution in [2.24, 2.45) is 0 Å². The van der Waals surface area contributed by atoms with Gasteiger partial charge in [-0.3, -0.25) is 9.80 Å². The second-order valence-electron chi connectivity index (χ2n) is 11.3. The molecular weight excluding hydrogens is 535 g/mol. The Hall–Kier alpha value is -4.69. The summed E-state index contributed by atoms with van der Waals surface area (Å²) in [7, 11) is 0. The Morgan fingerprint density at radius 2 is 1.58 bits per heavy atom. The van der Waals surface area contributed by atoms with Gasteiger partial charge in [0, 0.05) is 31.4 Å². The van der Waals surface area contributed by atoms with Gasteiger partial charge in [-0.1, -0.05) is 109 Å². The van der Waals surface area contributed by atoms with Crippen molar-refractivity contribution < 1.29 is 14.4 Å². The van der Waals surface area contributed by atoms with E-state index in [0.29, 0.717) is 26.1 Å². The number of nitrogens with zero attached hydrogens (tertiary/aromatic N) is 3. The fourth-order valence-corrected chi connectivity index (χ4v) is 6.60. The van der Waals surface area contributed by atoms with Crippen LogP contribution in [0, 0.1) is 0 Å². The first-order chi connectivity index (χ1) is 21.0. The number of amides is 3. The standard InChI is InChI=1S/C35H35BN4O3/c1-2-20-39(35(43)37-22-27-14-7-4-8-15-27)40-25-33(41)36-31(21-26-12-5-3-6-13-26)34(42)38(24-32(36)40)23-29-18-11-17-28-16-9-10-19-30(28)29/h2-19,31-32H,1,20-25H2,(H,37,43)/t31-,32-/m0/s1. The minimum Gasteiger partial charge on any atom is -0.338 e. The second kappa shape index (κ2) is 12.7. The zero-order valence-electron chi connectivity index (χ0n) is 24.1. The summed E-state index contributed by atoms with van der Waals surface area (Å²) in [6.45, 7) is 4.84. The van der Waals surface area contributed by atoms with Gasteiger partial charge in [0.05, 0.1) is 13.1 Å². The molecule has 3 amide bonds. The molecule has 0 unspecified atom stereocenters. The molecule has 1 N–H and O–H groups in total. The predicted octanol–water partition coefficient (Wildman–Crippen LogP) is 4.93. The van der Waals surface area contributed by atoms with Gasteiger partial charge in [-0.05, 0) is 33.9 Å². The van der Waals surface area contributed by atoms with Crippen molar-refractivity contribution >= 4 is 35.1 Å². The van der Waals surface area contributed by atoms with Crippen molar-refractivity contribution in [3.8, 4) is 0 Å². The molecule has 2 aliphatic rings. The van der Waals surface area contributed by atoms with Gasteiger partial charge in [0.15, 0.2) is 0 Å². The Morgan fingerprint density at radius 3 is 2.33 bits per heavy atom. The van der Waals surface area contributed by atoms with Crippen molar-refractivity contribution in [3.63, 3.8) is 0 Å². The van der Waals surface area contributed by atoms with Crippen LogP contribution in [0.4, 0.5) is 4.79 Å². The van der Waals surface area contributed by atoms with Gasteiger partial charge >= 0.3 is 6.03 Å². The SMILES string of the molecule is C=CCN(C(=O)NCc1ccccc1)N1CC(=O)B2[C@@H](Cc3ccccc3)C(=O)N(Cc3cccc4ccccc34)C[C@@H]21. The number of benzene rings is 4. The third kappa shape index (κ3) is 5.97. The minimum atomic E-state index is -0.522. The van der Waals surface area contributed by atoms with E-state index in [4.69, 9.17) is 0 Å². The monoisotopic (exact) mass is 570 g/mol. The number of nitrogens with one attached hydrogen (secondary N) is 1. The number of fused-ring (bicyclic) bond motifs is 2. The van der Waals surface area contributed by atoms with Crippen LogP contribution in [-0.4, -0.2) is 64.8 Å². The van der Waals surface area contributed by atoms with E-state index in [0.717, 1.165) is 27.5 Å². The molecule has 2 heterocycles. The summed E-state index contributed by atoms with van der Waals surface area (Å²) in [5, 5.41) is 8.69. The van der Waals surface area contributed by atoms with E-state index in [1.807, 2.05) is 88.8 Å². The Labute approximate surface area is 252 Å². The molecule has 43 heavy (non-hydrogen) atoms. The smallest absolute Gasteiger partial charge is 0.332 e. The molecule has 4 aromatic carbocycles. The summed E-state index contributed by atoms with van der Waals surface area (Å²) < 4.78 is 0. The third-order valence-electron chi connectivity index (χ3n) is 8.63. The first-order valence-corrected chi connectivity index (χ1v) is 14.8. The molecule has 216 valence electrons. The largest absolute Gasteiger partial charge is 0.338 e. The van der Waals surface area contributed by atoms with Gasteiger partial charge in [-0.15, -0.1) is 6.58 Å². The molecule has 6 rings (SSSR count). The van der Waals surface area contributed by atoms with Crippen molar-refractivity contribution in [2.45, 2.75) is 31.3 Å². The molecule has 2 aliphatic heterocycles. The van der Waals surface area contributed by atoms with Crippen molar-refractivity contribution in [2.75, 3.05) is 19.6 Å². The maximum atomic E-state index is 14.2. The van der Waals surface area contributed by atoms with Crippen LogP contribution in [0.2, 0.25) is 5.82 Å². The number of urea groups is 1. The third-order valence-corrected chi connectivity index (χ3v) is 8.63. The minimum absolute atomic E-state index is 0.00554. The summed E-state index contributed by atoms with van der Waals surface area (Å²) in [5.41, 5.74) is 3.05. The highest BCUT2D eigenvalue weighted by atomic mass is 16.2. The lowest BCUT2D eigenvalue weighted by atomic mass is 9.33. The normalized spacial score (nSPS) is 18.5. The lowest BCUT2D eigenvalue weighted by Crippen LogP contribution is -2.63. The highest BCUT2D eigenvalue weighted by Gasteiger charge is 2.57. The first-order valence-electron chi connectivity index (χ1n) is 14.8. The molecule has 4 aromatic rings. The van der Waals surface area contributed by atoms with Gasteiger partial charge in [0.1, 0.15) is 5.68 Å². The van der Waals surface area contributed by atoms with Crippen molar-refractivity contribution in [1.29, 1.82) is 0 Å². The highest BCUT2D eigenvalue weighted by Crippen LogP contribution is 2.36. The molecule has 2 atom stereocenters. The molecule has 0 aromatic heterocycles. The molecule has 0 bridgehead atoms. The molecule has 8 heteroatoms. The van der Waals surface area contributed by atoms with Crippen LogP contribution >= 0.6 is 0 Å². The average Bonchev–Trinajstić information content (AvgIpc) is 3.36. The lowest BCUT2D eigenvalue weighted by Gasteiger charge is -2.43. The van der Waals surface area contributed by atoms with E-state index in [-0.39, 0.29) is 36.7 Å². The predicted molar refractivity (Wildman–Crippen MR) is 170 cm³/mol. The zero-order chi connectivity index (χ0) is 29.8. The topological polar surface area (TPSA) is 73.0 Å². The maximum Gasteiger partial charge on any atom is 0.332 e. The second-order valence-corrected chi connectivity index (χ2v) is 11.3. The maximum absolute atomic E-state index is 14.2. The Kier molecular flexibility index (Phi) is 8.38. The van der Waals surface area contributed by atoms with E-state index in [1.54, 1.807) is 11.1 Å². The van der Waals surface area contributed by atoms with Crippen LogP contribution in [0.5, 0.6) is 0 Å². The lowest BCUT2D eigenvalue weighted by molar-refractivity contribution is -0.134. The number of rotatable bonds is 9.